The van der Waals surface area contributed by atoms with E-state index in [0.29, 0.717) is 19.4 Å². The number of nitrogens with one attached hydrogen (secondary N) is 2. The van der Waals surface area contributed by atoms with E-state index in [-0.39, 0.29) is 12.6 Å². The van der Waals surface area contributed by atoms with Crippen LogP contribution in [0.25, 0.3) is 0 Å². The first-order valence-electron chi connectivity index (χ1n) is 6.77. The lowest BCUT2D eigenvalue weighted by molar-refractivity contribution is -0.149. The first kappa shape index (κ1) is 17.7. The first-order chi connectivity index (χ1) is 8.88. The fourth-order valence-corrected chi connectivity index (χ4v) is 1.79. The predicted octanol–water partition coefficient (Wildman–Crippen LogP) is 1.13. The number of hydrogen-bond donors (Lipinski definition) is 3. The molecule has 0 saturated heterocycles. The van der Waals surface area contributed by atoms with Crippen molar-refractivity contribution in [1.29, 1.82) is 0 Å². The average Bonchev–Trinajstić information content (AvgIpc) is 2.36. The van der Waals surface area contributed by atoms with Crippen molar-refractivity contribution in [2.24, 2.45) is 5.41 Å². The summed E-state index contributed by atoms with van der Waals surface area (Å²) in [5.41, 5.74) is -0.860. The topological polar surface area (TPSA) is 81.7 Å². The van der Waals surface area contributed by atoms with Crippen LogP contribution in [-0.2, 0) is 4.79 Å². The van der Waals surface area contributed by atoms with Crippen LogP contribution in [0, 0.1) is 5.41 Å². The number of carbonyl (C=O) groups excluding carboxylic acids is 1. The van der Waals surface area contributed by atoms with Crippen molar-refractivity contribution in [3.63, 3.8) is 0 Å². The molecule has 0 aliphatic carbocycles. The fraction of sp³-hybridized carbons (Fsp3) is 0.846. The summed E-state index contributed by atoms with van der Waals surface area (Å²) in [7, 11) is 3.95. The average molecular weight is 273 g/mol. The summed E-state index contributed by atoms with van der Waals surface area (Å²) in [4.78, 5) is 24.9. The Kier molecular flexibility index (Phi) is 8.14. The van der Waals surface area contributed by atoms with Crippen LogP contribution in [0.15, 0.2) is 0 Å². The molecule has 0 heterocycles. The molecule has 0 bridgehead atoms. The molecular formula is C13H27N3O3. The van der Waals surface area contributed by atoms with Crippen molar-refractivity contribution in [1.82, 2.24) is 15.5 Å². The highest BCUT2D eigenvalue weighted by atomic mass is 16.4. The second kappa shape index (κ2) is 8.74. The third-order valence-electron chi connectivity index (χ3n) is 3.46. The van der Waals surface area contributed by atoms with Gasteiger partial charge in [0.25, 0.3) is 0 Å². The molecule has 2 amide bonds. The van der Waals surface area contributed by atoms with Gasteiger partial charge in [-0.05, 0) is 39.9 Å². The molecule has 6 heteroatoms. The summed E-state index contributed by atoms with van der Waals surface area (Å²) in [5, 5.41) is 14.6. The fourth-order valence-electron chi connectivity index (χ4n) is 1.79. The van der Waals surface area contributed by atoms with Crippen LogP contribution in [0.4, 0.5) is 4.79 Å². The van der Waals surface area contributed by atoms with Crippen molar-refractivity contribution < 1.29 is 14.7 Å². The molecule has 0 radical (unpaired) electrons. The first-order valence-corrected chi connectivity index (χ1v) is 6.77. The quantitative estimate of drug-likeness (QED) is 0.550. The largest absolute Gasteiger partial charge is 0.481 e. The maximum absolute atomic E-state index is 11.6. The minimum absolute atomic E-state index is 0.162. The zero-order chi connectivity index (χ0) is 14.9. The van der Waals surface area contributed by atoms with Gasteiger partial charge in [0.15, 0.2) is 0 Å². The molecule has 112 valence electrons. The van der Waals surface area contributed by atoms with E-state index < -0.39 is 11.4 Å². The lowest BCUT2D eigenvalue weighted by Crippen LogP contribution is -2.46. The molecule has 0 aromatic carbocycles. The molecule has 3 N–H and O–H groups in total. The Labute approximate surface area is 115 Å². The molecule has 0 unspecified atom stereocenters. The number of aliphatic carboxylic acids is 1. The number of carbonyl (C=O) groups is 2. The van der Waals surface area contributed by atoms with Crippen LogP contribution in [-0.4, -0.2) is 55.7 Å². The third kappa shape index (κ3) is 6.42. The normalized spacial score (nSPS) is 11.4. The maximum Gasteiger partial charge on any atom is 0.314 e. The van der Waals surface area contributed by atoms with Crippen LogP contribution in [0.3, 0.4) is 0 Å². The minimum Gasteiger partial charge on any atom is -0.481 e. The summed E-state index contributed by atoms with van der Waals surface area (Å²) in [5.74, 6) is -0.856. The molecule has 6 nitrogen and oxygen atoms in total. The summed E-state index contributed by atoms with van der Waals surface area (Å²) in [6.07, 6.45) is 1.87. The van der Waals surface area contributed by atoms with E-state index in [1.54, 1.807) is 0 Å². The van der Waals surface area contributed by atoms with Gasteiger partial charge in [-0.2, -0.15) is 0 Å². The van der Waals surface area contributed by atoms with Gasteiger partial charge < -0.3 is 20.6 Å². The SMILES string of the molecule is CCC(CC)(CNC(=O)NCCCN(C)C)C(=O)O. The van der Waals surface area contributed by atoms with E-state index in [1.807, 2.05) is 32.8 Å². The van der Waals surface area contributed by atoms with Gasteiger partial charge in [-0.1, -0.05) is 13.8 Å². The predicted molar refractivity (Wildman–Crippen MR) is 75.2 cm³/mol. The second-order valence-corrected chi connectivity index (χ2v) is 5.06. The standard InChI is InChI=1S/C13H27N3O3/c1-5-13(6-2,11(17)18)10-15-12(19)14-8-7-9-16(3)4/h5-10H2,1-4H3,(H,17,18)(H2,14,15,19). The lowest BCUT2D eigenvalue weighted by atomic mass is 9.82. The molecule has 0 aliphatic heterocycles. The number of carboxylic acids is 1. The van der Waals surface area contributed by atoms with Crippen molar-refractivity contribution in [3.05, 3.63) is 0 Å². The smallest absolute Gasteiger partial charge is 0.314 e. The number of rotatable bonds is 9. The zero-order valence-electron chi connectivity index (χ0n) is 12.5. The molecule has 0 saturated carbocycles. The van der Waals surface area contributed by atoms with E-state index in [1.165, 1.54) is 0 Å². The number of nitrogens with zero attached hydrogens (tertiary/aromatic N) is 1. The number of urea groups is 1. The summed E-state index contributed by atoms with van der Waals surface area (Å²) >= 11 is 0. The van der Waals surface area contributed by atoms with Gasteiger partial charge in [0.05, 0.1) is 5.41 Å². The molecule has 0 aromatic heterocycles. The van der Waals surface area contributed by atoms with Crippen molar-refractivity contribution in [2.45, 2.75) is 33.1 Å². The maximum atomic E-state index is 11.6. The summed E-state index contributed by atoms with van der Waals surface area (Å²) < 4.78 is 0. The highest BCUT2D eigenvalue weighted by Gasteiger charge is 2.35. The van der Waals surface area contributed by atoms with Crippen molar-refractivity contribution in [2.75, 3.05) is 33.7 Å². The Morgan fingerprint density at radius 1 is 1.16 bits per heavy atom. The van der Waals surface area contributed by atoms with Crippen LogP contribution in [0.1, 0.15) is 33.1 Å². The highest BCUT2D eigenvalue weighted by molar-refractivity contribution is 5.78. The van der Waals surface area contributed by atoms with Gasteiger partial charge in [0.1, 0.15) is 0 Å². The Balaban J connectivity index is 4.03. The molecule has 0 atom stereocenters. The Morgan fingerprint density at radius 3 is 2.16 bits per heavy atom. The molecule has 0 rings (SSSR count). The lowest BCUT2D eigenvalue weighted by Gasteiger charge is -2.26. The molecule has 0 spiro atoms. The minimum atomic E-state index is -0.860. The van der Waals surface area contributed by atoms with Gasteiger partial charge in [0.2, 0.25) is 0 Å². The molecule has 0 fully saturated rings. The third-order valence-corrected chi connectivity index (χ3v) is 3.46. The van der Waals surface area contributed by atoms with Crippen LogP contribution in [0.2, 0.25) is 0 Å². The van der Waals surface area contributed by atoms with E-state index >= 15 is 0 Å². The Morgan fingerprint density at radius 2 is 1.74 bits per heavy atom. The number of carboxylic acid groups (broad SMARTS) is 1. The van der Waals surface area contributed by atoms with Crippen molar-refractivity contribution >= 4 is 12.0 Å². The number of amides is 2. The zero-order valence-corrected chi connectivity index (χ0v) is 12.5. The molecular weight excluding hydrogens is 246 g/mol. The van der Waals surface area contributed by atoms with E-state index in [0.717, 1.165) is 13.0 Å². The second-order valence-electron chi connectivity index (χ2n) is 5.06. The van der Waals surface area contributed by atoms with Gasteiger partial charge in [0, 0.05) is 13.1 Å². The Hall–Kier alpha value is -1.30. The van der Waals surface area contributed by atoms with Crippen LogP contribution >= 0.6 is 0 Å². The van der Waals surface area contributed by atoms with Crippen molar-refractivity contribution in [3.8, 4) is 0 Å². The Bertz CT molecular complexity index is 289. The number of hydrogen-bond acceptors (Lipinski definition) is 3. The molecule has 0 aliphatic rings. The monoisotopic (exact) mass is 273 g/mol. The van der Waals surface area contributed by atoms with Gasteiger partial charge >= 0.3 is 12.0 Å². The van der Waals surface area contributed by atoms with E-state index in [2.05, 4.69) is 10.6 Å². The van der Waals surface area contributed by atoms with Crippen LogP contribution in [0.5, 0.6) is 0 Å². The summed E-state index contributed by atoms with van der Waals surface area (Å²) in [6.45, 7) is 5.31. The summed E-state index contributed by atoms with van der Waals surface area (Å²) in [6, 6.07) is -0.300. The highest BCUT2D eigenvalue weighted by Crippen LogP contribution is 2.25. The molecule has 19 heavy (non-hydrogen) atoms. The van der Waals surface area contributed by atoms with E-state index in [4.69, 9.17) is 0 Å². The molecule has 0 aromatic rings. The van der Waals surface area contributed by atoms with E-state index in [9.17, 15) is 14.7 Å². The van der Waals surface area contributed by atoms with Crippen LogP contribution < -0.4 is 10.6 Å². The van der Waals surface area contributed by atoms with Gasteiger partial charge in [-0.3, -0.25) is 4.79 Å². The van der Waals surface area contributed by atoms with Gasteiger partial charge in [-0.25, -0.2) is 4.79 Å². The van der Waals surface area contributed by atoms with Gasteiger partial charge in [-0.15, -0.1) is 0 Å².